The number of nitrogens with zero attached hydrogens (tertiary/aromatic N) is 2. The van der Waals surface area contributed by atoms with Crippen LogP contribution in [0.3, 0.4) is 0 Å². The number of pyridine rings is 1. The summed E-state index contributed by atoms with van der Waals surface area (Å²) < 4.78 is 12.1. The van der Waals surface area contributed by atoms with Gasteiger partial charge in [0.2, 0.25) is 5.88 Å². The number of H-pyrrole nitrogens is 1. The third-order valence-corrected chi connectivity index (χ3v) is 3.40. The van der Waals surface area contributed by atoms with Crippen molar-refractivity contribution in [3.63, 3.8) is 0 Å². The average Bonchev–Trinajstić information content (AvgIpc) is 2.74. The summed E-state index contributed by atoms with van der Waals surface area (Å²) in [5.41, 5.74) is 1.34. The zero-order chi connectivity index (χ0) is 14.9. The lowest BCUT2D eigenvalue weighted by atomic mass is 10.0. The van der Waals surface area contributed by atoms with E-state index >= 15 is 0 Å². The van der Waals surface area contributed by atoms with E-state index in [4.69, 9.17) is 21.7 Å². The van der Waals surface area contributed by atoms with Crippen LogP contribution < -0.4 is 4.74 Å². The molecule has 7 heteroatoms. The maximum absolute atomic E-state index is 12.0. The van der Waals surface area contributed by atoms with Crippen LogP contribution in [-0.4, -0.2) is 34.7 Å². The number of imidazole rings is 1. The number of esters is 1. The fraction of sp³-hybridized carbons (Fsp3) is 0.462. The van der Waals surface area contributed by atoms with Gasteiger partial charge in [0.05, 0.1) is 19.7 Å². The summed E-state index contributed by atoms with van der Waals surface area (Å²) in [5, 5.41) is 0. The van der Waals surface area contributed by atoms with Crippen molar-refractivity contribution in [2.24, 2.45) is 5.92 Å². The van der Waals surface area contributed by atoms with Crippen LogP contribution in [0.25, 0.3) is 11.2 Å². The summed E-state index contributed by atoms with van der Waals surface area (Å²) in [6.07, 6.45) is 0. The lowest BCUT2D eigenvalue weighted by Gasteiger charge is -2.20. The van der Waals surface area contributed by atoms with Crippen molar-refractivity contribution >= 4 is 29.4 Å². The quantitative estimate of drug-likeness (QED) is 0.693. The van der Waals surface area contributed by atoms with E-state index in [2.05, 4.69) is 9.97 Å². The minimum atomic E-state index is -0.527. The fourth-order valence-corrected chi connectivity index (χ4v) is 2.46. The van der Waals surface area contributed by atoms with E-state index in [1.807, 2.05) is 19.9 Å². The Balaban J connectivity index is 2.70. The second-order valence-electron chi connectivity index (χ2n) is 4.74. The first-order valence-electron chi connectivity index (χ1n) is 6.22. The Hall–Kier alpha value is -1.89. The van der Waals surface area contributed by atoms with Gasteiger partial charge in [-0.15, -0.1) is 0 Å². The molecule has 0 amide bonds. The molecule has 1 atom stereocenters. The van der Waals surface area contributed by atoms with Crippen LogP contribution in [0, 0.1) is 10.7 Å². The van der Waals surface area contributed by atoms with Crippen LogP contribution >= 0.6 is 12.2 Å². The van der Waals surface area contributed by atoms with Gasteiger partial charge in [-0.25, -0.2) is 4.79 Å². The van der Waals surface area contributed by atoms with Crippen LogP contribution in [0.4, 0.5) is 0 Å². The van der Waals surface area contributed by atoms with Crippen molar-refractivity contribution in [3.8, 4) is 5.88 Å². The smallest absolute Gasteiger partial charge is 0.329 e. The summed E-state index contributed by atoms with van der Waals surface area (Å²) in [5.74, 6) is 0.135. The van der Waals surface area contributed by atoms with Gasteiger partial charge < -0.3 is 14.5 Å². The third kappa shape index (κ3) is 2.40. The molecule has 0 saturated heterocycles. The van der Waals surface area contributed by atoms with Crippen molar-refractivity contribution in [1.29, 1.82) is 0 Å². The van der Waals surface area contributed by atoms with Gasteiger partial charge in [-0.3, -0.25) is 4.57 Å². The molecule has 0 aromatic carbocycles. The molecule has 0 aliphatic heterocycles. The minimum absolute atomic E-state index is 0.0150. The SMILES string of the molecule is COC(=O)C(C(C)C)n1c(=S)[nH]c2ccc(OC)nc21. The monoisotopic (exact) mass is 295 g/mol. The second-order valence-corrected chi connectivity index (χ2v) is 5.12. The van der Waals surface area contributed by atoms with Gasteiger partial charge in [-0.1, -0.05) is 13.8 Å². The summed E-state index contributed by atoms with van der Waals surface area (Å²) >= 11 is 5.31. The Morgan fingerprint density at radius 1 is 1.40 bits per heavy atom. The molecule has 0 fully saturated rings. The molecule has 0 bridgehead atoms. The number of methoxy groups -OCH3 is 2. The van der Waals surface area contributed by atoms with Crippen molar-refractivity contribution in [2.75, 3.05) is 14.2 Å². The molecule has 0 radical (unpaired) electrons. The average molecular weight is 295 g/mol. The first-order chi connectivity index (χ1) is 9.49. The van der Waals surface area contributed by atoms with Gasteiger partial charge in [0.15, 0.2) is 10.4 Å². The third-order valence-electron chi connectivity index (χ3n) is 3.10. The Bertz CT molecular complexity index is 690. The number of hydrogen-bond donors (Lipinski definition) is 1. The molecule has 2 heterocycles. The van der Waals surface area contributed by atoms with Gasteiger partial charge in [-0.05, 0) is 24.2 Å². The molecule has 0 aliphatic carbocycles. The molecular weight excluding hydrogens is 278 g/mol. The Morgan fingerprint density at radius 2 is 2.10 bits per heavy atom. The van der Waals surface area contributed by atoms with Crippen molar-refractivity contribution in [3.05, 3.63) is 16.9 Å². The van der Waals surface area contributed by atoms with Gasteiger partial charge in [0.1, 0.15) is 6.04 Å². The highest BCUT2D eigenvalue weighted by molar-refractivity contribution is 7.71. The van der Waals surface area contributed by atoms with E-state index < -0.39 is 6.04 Å². The Kier molecular flexibility index (Phi) is 4.08. The molecule has 0 aliphatic rings. The molecule has 1 unspecified atom stereocenters. The molecule has 1 N–H and O–H groups in total. The normalized spacial score (nSPS) is 12.7. The number of carbonyl (C=O) groups is 1. The maximum Gasteiger partial charge on any atom is 0.329 e. The first-order valence-corrected chi connectivity index (χ1v) is 6.63. The van der Waals surface area contributed by atoms with Crippen LogP contribution in [0.1, 0.15) is 19.9 Å². The number of nitrogens with one attached hydrogen (secondary N) is 1. The molecule has 20 heavy (non-hydrogen) atoms. The number of ether oxygens (including phenoxy) is 2. The van der Waals surface area contributed by atoms with Crippen LogP contribution in [0.5, 0.6) is 5.88 Å². The van der Waals surface area contributed by atoms with E-state index in [0.717, 1.165) is 5.52 Å². The zero-order valence-corrected chi connectivity index (χ0v) is 12.7. The number of rotatable bonds is 4. The number of aromatic nitrogens is 3. The number of aromatic amines is 1. The highest BCUT2D eigenvalue weighted by Gasteiger charge is 2.28. The van der Waals surface area contributed by atoms with E-state index in [-0.39, 0.29) is 11.9 Å². The summed E-state index contributed by atoms with van der Waals surface area (Å²) in [6.45, 7) is 3.87. The lowest BCUT2D eigenvalue weighted by Crippen LogP contribution is -2.26. The van der Waals surface area contributed by atoms with Gasteiger partial charge in [-0.2, -0.15) is 4.98 Å². The largest absolute Gasteiger partial charge is 0.481 e. The molecule has 108 valence electrons. The molecule has 6 nitrogen and oxygen atoms in total. The number of carbonyl (C=O) groups excluding carboxylic acids is 1. The van der Waals surface area contributed by atoms with Crippen molar-refractivity contribution in [1.82, 2.24) is 14.5 Å². The minimum Gasteiger partial charge on any atom is -0.481 e. The van der Waals surface area contributed by atoms with Crippen LogP contribution in [0.2, 0.25) is 0 Å². The first kappa shape index (κ1) is 14.5. The van der Waals surface area contributed by atoms with Crippen LogP contribution in [-0.2, 0) is 9.53 Å². The number of fused-ring (bicyclic) bond motifs is 1. The van der Waals surface area contributed by atoms with Gasteiger partial charge in [0, 0.05) is 6.07 Å². The highest BCUT2D eigenvalue weighted by atomic mass is 32.1. The molecular formula is C13H17N3O3S. The molecule has 2 aromatic heterocycles. The van der Waals surface area contributed by atoms with E-state index in [1.54, 1.807) is 17.7 Å². The predicted octanol–water partition coefficient (Wildman–Crippen LogP) is 2.47. The van der Waals surface area contributed by atoms with Crippen LogP contribution in [0.15, 0.2) is 12.1 Å². The van der Waals surface area contributed by atoms with E-state index in [9.17, 15) is 4.79 Å². The highest BCUT2D eigenvalue weighted by Crippen LogP contribution is 2.26. The van der Waals surface area contributed by atoms with Crippen molar-refractivity contribution < 1.29 is 14.3 Å². The van der Waals surface area contributed by atoms with E-state index in [1.165, 1.54) is 7.11 Å². The van der Waals surface area contributed by atoms with E-state index in [0.29, 0.717) is 16.3 Å². The summed E-state index contributed by atoms with van der Waals surface area (Å²) in [4.78, 5) is 19.5. The van der Waals surface area contributed by atoms with Gasteiger partial charge >= 0.3 is 5.97 Å². The lowest BCUT2D eigenvalue weighted by molar-refractivity contribution is -0.145. The van der Waals surface area contributed by atoms with Crippen molar-refractivity contribution in [2.45, 2.75) is 19.9 Å². The predicted molar refractivity (Wildman–Crippen MR) is 77.4 cm³/mol. The Labute approximate surface area is 121 Å². The summed E-state index contributed by atoms with van der Waals surface area (Å²) in [7, 11) is 2.91. The standard InChI is InChI=1S/C13H17N3O3S/c1-7(2)10(12(17)19-4)16-11-8(14-13(16)20)5-6-9(15-11)18-3/h5-7,10H,1-4H3,(H,14,20). The second kappa shape index (κ2) is 5.62. The Morgan fingerprint density at radius 3 is 2.65 bits per heavy atom. The maximum atomic E-state index is 12.0. The molecule has 2 rings (SSSR count). The number of hydrogen-bond acceptors (Lipinski definition) is 5. The van der Waals surface area contributed by atoms with Gasteiger partial charge in [0.25, 0.3) is 0 Å². The fourth-order valence-electron chi connectivity index (χ4n) is 2.15. The summed E-state index contributed by atoms with van der Waals surface area (Å²) in [6, 6.07) is 3.03. The molecule has 0 spiro atoms. The zero-order valence-electron chi connectivity index (χ0n) is 11.8. The topological polar surface area (TPSA) is 69.1 Å². The molecule has 0 saturated carbocycles. The molecule has 2 aromatic rings.